The Morgan fingerprint density at radius 1 is 1.50 bits per heavy atom. The summed E-state index contributed by atoms with van der Waals surface area (Å²) >= 11 is 3.48. The average molecular weight is 258 g/mol. The van der Waals surface area contributed by atoms with Crippen molar-refractivity contribution in [1.29, 1.82) is 0 Å². The highest BCUT2D eigenvalue weighted by Gasteiger charge is 2.23. The lowest BCUT2D eigenvalue weighted by Gasteiger charge is -2.14. The van der Waals surface area contributed by atoms with E-state index >= 15 is 0 Å². The highest BCUT2D eigenvalue weighted by atomic mass is 79.9. The predicted molar refractivity (Wildman–Crippen MR) is 57.6 cm³/mol. The van der Waals surface area contributed by atoms with Gasteiger partial charge in [-0.25, -0.2) is 0 Å². The summed E-state index contributed by atoms with van der Waals surface area (Å²) in [6, 6.07) is 1.87. The van der Waals surface area contributed by atoms with Gasteiger partial charge in [0, 0.05) is 16.1 Å². The van der Waals surface area contributed by atoms with E-state index in [0.717, 1.165) is 27.1 Å². The third kappa shape index (κ3) is 1.38. The van der Waals surface area contributed by atoms with Crippen LogP contribution in [0.3, 0.4) is 0 Å². The molecule has 0 saturated heterocycles. The molecular weight excluding hydrogens is 246 g/mol. The molecule has 14 heavy (non-hydrogen) atoms. The lowest BCUT2D eigenvalue weighted by Crippen LogP contribution is -2.08. The zero-order valence-electron chi connectivity index (χ0n) is 8.13. The van der Waals surface area contributed by atoms with Gasteiger partial charge in [0.05, 0.1) is 0 Å². The molecule has 2 N–H and O–H groups in total. The van der Waals surface area contributed by atoms with Crippen LogP contribution in [0.5, 0.6) is 11.5 Å². The van der Waals surface area contributed by atoms with Crippen molar-refractivity contribution in [2.24, 2.45) is 5.73 Å². The lowest BCUT2D eigenvalue weighted by atomic mass is 10.0. The molecule has 1 unspecified atom stereocenters. The zero-order valence-corrected chi connectivity index (χ0v) is 9.72. The molecule has 76 valence electrons. The van der Waals surface area contributed by atoms with E-state index in [4.69, 9.17) is 15.2 Å². The average Bonchev–Trinajstić information content (AvgIpc) is 2.52. The normalized spacial score (nSPS) is 15.7. The molecular formula is C10H12BrNO2. The van der Waals surface area contributed by atoms with Crippen molar-refractivity contribution in [1.82, 2.24) is 0 Å². The standard InChI is InChI=1S/C10H12BrNO2/c1-5-7(11)3-8-10(14-4-13-8)9(5)6(2)12/h3,6H,4,12H2,1-2H3. The highest BCUT2D eigenvalue weighted by molar-refractivity contribution is 9.10. The van der Waals surface area contributed by atoms with Gasteiger partial charge in [0.2, 0.25) is 6.79 Å². The van der Waals surface area contributed by atoms with Crippen LogP contribution < -0.4 is 15.2 Å². The van der Waals surface area contributed by atoms with Gasteiger partial charge in [-0.15, -0.1) is 0 Å². The molecule has 0 saturated carbocycles. The van der Waals surface area contributed by atoms with E-state index in [0.29, 0.717) is 0 Å². The van der Waals surface area contributed by atoms with Gasteiger partial charge < -0.3 is 15.2 Å². The molecule has 1 aliphatic heterocycles. The molecule has 0 aromatic heterocycles. The fraction of sp³-hybridized carbons (Fsp3) is 0.400. The van der Waals surface area contributed by atoms with Crippen molar-refractivity contribution >= 4 is 15.9 Å². The molecule has 1 aromatic carbocycles. The molecule has 1 heterocycles. The van der Waals surface area contributed by atoms with Crippen molar-refractivity contribution in [3.8, 4) is 11.5 Å². The smallest absolute Gasteiger partial charge is 0.231 e. The van der Waals surface area contributed by atoms with Gasteiger partial charge >= 0.3 is 0 Å². The molecule has 2 rings (SSSR count). The summed E-state index contributed by atoms with van der Waals surface area (Å²) in [7, 11) is 0. The minimum Gasteiger partial charge on any atom is -0.454 e. The number of halogens is 1. The Balaban J connectivity index is 2.66. The molecule has 0 amide bonds. The van der Waals surface area contributed by atoms with Crippen LogP contribution in [0.1, 0.15) is 24.1 Å². The first kappa shape index (κ1) is 9.80. The number of hydrogen-bond acceptors (Lipinski definition) is 3. The Morgan fingerprint density at radius 2 is 2.21 bits per heavy atom. The van der Waals surface area contributed by atoms with E-state index < -0.39 is 0 Å². The molecule has 1 aromatic rings. The topological polar surface area (TPSA) is 44.5 Å². The first-order chi connectivity index (χ1) is 6.61. The fourth-order valence-corrected chi connectivity index (χ4v) is 2.10. The van der Waals surface area contributed by atoms with Gasteiger partial charge in [-0.3, -0.25) is 0 Å². The molecule has 0 fully saturated rings. The second-order valence-corrected chi connectivity index (χ2v) is 4.27. The van der Waals surface area contributed by atoms with Gasteiger partial charge in [0.1, 0.15) is 0 Å². The number of benzene rings is 1. The zero-order chi connectivity index (χ0) is 10.3. The largest absolute Gasteiger partial charge is 0.454 e. The molecule has 0 bridgehead atoms. The maximum absolute atomic E-state index is 5.90. The van der Waals surface area contributed by atoms with Crippen LogP contribution in [0.2, 0.25) is 0 Å². The van der Waals surface area contributed by atoms with E-state index in [2.05, 4.69) is 15.9 Å². The SMILES string of the molecule is Cc1c(Br)cc2c(c1C(C)N)OCO2. The van der Waals surface area contributed by atoms with Gasteiger partial charge in [-0.2, -0.15) is 0 Å². The van der Waals surface area contributed by atoms with Crippen LogP contribution in [0.4, 0.5) is 0 Å². The minimum atomic E-state index is -0.0528. The van der Waals surface area contributed by atoms with Crippen molar-refractivity contribution in [2.75, 3.05) is 6.79 Å². The van der Waals surface area contributed by atoms with E-state index in [9.17, 15) is 0 Å². The quantitative estimate of drug-likeness (QED) is 0.841. The Hall–Kier alpha value is -0.740. The summed E-state index contributed by atoms with van der Waals surface area (Å²) in [6.07, 6.45) is 0. The summed E-state index contributed by atoms with van der Waals surface area (Å²) in [4.78, 5) is 0. The van der Waals surface area contributed by atoms with Gasteiger partial charge in [-0.05, 0) is 25.5 Å². The van der Waals surface area contributed by atoms with Crippen LogP contribution in [0, 0.1) is 6.92 Å². The monoisotopic (exact) mass is 257 g/mol. The van der Waals surface area contributed by atoms with Crippen LogP contribution >= 0.6 is 15.9 Å². The van der Waals surface area contributed by atoms with E-state index in [1.54, 1.807) is 0 Å². The second kappa shape index (κ2) is 3.44. The maximum atomic E-state index is 5.90. The van der Waals surface area contributed by atoms with E-state index in [-0.39, 0.29) is 12.8 Å². The van der Waals surface area contributed by atoms with Gasteiger partial charge in [0.15, 0.2) is 11.5 Å². The minimum absolute atomic E-state index is 0.0528. The molecule has 4 heteroatoms. The second-order valence-electron chi connectivity index (χ2n) is 3.42. The Labute approximate surface area is 91.3 Å². The van der Waals surface area contributed by atoms with Gasteiger partial charge in [0.25, 0.3) is 0 Å². The first-order valence-electron chi connectivity index (χ1n) is 4.45. The summed E-state index contributed by atoms with van der Waals surface area (Å²) in [5, 5.41) is 0. The number of hydrogen-bond donors (Lipinski definition) is 1. The van der Waals surface area contributed by atoms with E-state index in [1.165, 1.54) is 0 Å². The summed E-state index contributed by atoms with van der Waals surface area (Å²) in [5.74, 6) is 1.57. The number of rotatable bonds is 1. The third-order valence-electron chi connectivity index (χ3n) is 2.36. The van der Waals surface area contributed by atoms with Crippen molar-refractivity contribution in [2.45, 2.75) is 19.9 Å². The predicted octanol–water partition coefficient (Wildman–Crippen LogP) is 2.51. The molecule has 0 aliphatic carbocycles. The number of nitrogens with two attached hydrogens (primary N) is 1. The van der Waals surface area contributed by atoms with Crippen molar-refractivity contribution in [3.63, 3.8) is 0 Å². The van der Waals surface area contributed by atoms with Crippen LogP contribution in [0.25, 0.3) is 0 Å². The number of ether oxygens (including phenoxy) is 2. The molecule has 3 nitrogen and oxygen atoms in total. The van der Waals surface area contributed by atoms with Crippen LogP contribution in [0.15, 0.2) is 10.5 Å². The Bertz CT molecular complexity index is 377. The summed E-state index contributed by atoms with van der Waals surface area (Å²) in [6.45, 7) is 4.24. The molecule has 1 aliphatic rings. The van der Waals surface area contributed by atoms with Gasteiger partial charge in [-0.1, -0.05) is 15.9 Å². The fourth-order valence-electron chi connectivity index (χ4n) is 1.68. The van der Waals surface area contributed by atoms with Crippen molar-refractivity contribution < 1.29 is 9.47 Å². The molecule has 1 atom stereocenters. The molecule has 0 spiro atoms. The summed E-state index contributed by atoms with van der Waals surface area (Å²) in [5.41, 5.74) is 8.04. The number of fused-ring (bicyclic) bond motifs is 1. The molecule has 0 radical (unpaired) electrons. The van der Waals surface area contributed by atoms with Crippen LogP contribution in [-0.4, -0.2) is 6.79 Å². The summed E-state index contributed by atoms with van der Waals surface area (Å²) < 4.78 is 11.7. The third-order valence-corrected chi connectivity index (χ3v) is 3.19. The van der Waals surface area contributed by atoms with E-state index in [1.807, 2.05) is 19.9 Å². The van der Waals surface area contributed by atoms with Crippen molar-refractivity contribution in [3.05, 3.63) is 21.7 Å². The van der Waals surface area contributed by atoms with Crippen LogP contribution in [-0.2, 0) is 0 Å². The first-order valence-corrected chi connectivity index (χ1v) is 5.24. The maximum Gasteiger partial charge on any atom is 0.231 e. The lowest BCUT2D eigenvalue weighted by molar-refractivity contribution is 0.173. The Kier molecular flexibility index (Phi) is 2.41. The highest BCUT2D eigenvalue weighted by Crippen LogP contribution is 2.43. The Morgan fingerprint density at radius 3 is 2.86 bits per heavy atom.